The number of allylic oxidation sites excluding steroid dienone is 4. The molecular weight excluding hydrogens is 278 g/mol. The van der Waals surface area contributed by atoms with E-state index in [2.05, 4.69) is 79.5 Å². The quantitative estimate of drug-likeness (QED) is 0.684. The molecule has 0 saturated carbocycles. The normalized spacial score (nSPS) is 12.2. The highest BCUT2D eigenvalue weighted by atomic mass is 14.9. The van der Waals surface area contributed by atoms with Crippen molar-refractivity contribution in [2.75, 3.05) is 5.32 Å². The van der Waals surface area contributed by atoms with Gasteiger partial charge in [-0.25, -0.2) is 0 Å². The van der Waals surface area contributed by atoms with Gasteiger partial charge in [-0.2, -0.15) is 0 Å². The van der Waals surface area contributed by atoms with Gasteiger partial charge in [-0.3, -0.25) is 0 Å². The highest BCUT2D eigenvalue weighted by Gasteiger charge is 2.04. The lowest BCUT2D eigenvalue weighted by Gasteiger charge is -2.11. The van der Waals surface area contributed by atoms with Crippen LogP contribution in [0.25, 0.3) is 11.3 Å². The molecule has 1 aliphatic rings. The summed E-state index contributed by atoms with van der Waals surface area (Å²) in [5, 5.41) is 3.37. The summed E-state index contributed by atoms with van der Waals surface area (Å²) in [4.78, 5) is 0. The van der Waals surface area contributed by atoms with Crippen LogP contribution < -0.4 is 5.32 Å². The number of nitrogens with one attached hydrogen (secondary N) is 1. The third-order valence-electron chi connectivity index (χ3n) is 3.69. The van der Waals surface area contributed by atoms with E-state index in [-0.39, 0.29) is 0 Å². The van der Waals surface area contributed by atoms with Crippen molar-refractivity contribution in [3.63, 3.8) is 0 Å². The first kappa shape index (κ1) is 16.8. The molecule has 1 aliphatic carbocycles. The van der Waals surface area contributed by atoms with Crippen molar-refractivity contribution in [3.8, 4) is 0 Å². The number of anilines is 1. The van der Waals surface area contributed by atoms with Crippen LogP contribution in [0.15, 0.2) is 73.3 Å². The zero-order valence-electron chi connectivity index (χ0n) is 14.3. The van der Waals surface area contributed by atoms with Crippen LogP contribution in [0, 0.1) is 6.92 Å². The summed E-state index contributed by atoms with van der Waals surface area (Å²) < 4.78 is 0. The minimum absolute atomic E-state index is 0.922. The van der Waals surface area contributed by atoms with Gasteiger partial charge >= 0.3 is 0 Å². The molecule has 0 bridgehead atoms. The molecule has 2 aromatic carbocycles. The van der Waals surface area contributed by atoms with Gasteiger partial charge in [-0.05, 0) is 47.7 Å². The van der Waals surface area contributed by atoms with E-state index in [1.165, 1.54) is 16.7 Å². The minimum atomic E-state index is 0.922. The largest absolute Gasteiger partial charge is 0.356 e. The summed E-state index contributed by atoms with van der Waals surface area (Å²) in [5.74, 6) is 0. The average molecular weight is 303 g/mol. The summed E-state index contributed by atoms with van der Waals surface area (Å²) in [6.45, 7) is 10.2. The van der Waals surface area contributed by atoms with Crippen LogP contribution >= 0.6 is 0 Å². The van der Waals surface area contributed by atoms with Crippen molar-refractivity contribution in [1.82, 2.24) is 0 Å². The lowest BCUT2D eigenvalue weighted by atomic mass is 10.0. The Kier molecular flexibility index (Phi) is 5.99. The van der Waals surface area contributed by atoms with Crippen molar-refractivity contribution in [2.24, 2.45) is 0 Å². The van der Waals surface area contributed by atoms with Crippen LogP contribution in [-0.4, -0.2) is 0 Å². The van der Waals surface area contributed by atoms with Gasteiger partial charge in [-0.1, -0.05) is 75.1 Å². The van der Waals surface area contributed by atoms with Gasteiger partial charge in [0, 0.05) is 11.4 Å². The SMILES string of the molecule is C=C(Nc1cccc(C)c1)c1ccc(C2=CC=CC2)cc1.CC. The molecule has 3 rings (SSSR count). The lowest BCUT2D eigenvalue weighted by Crippen LogP contribution is -1.97. The van der Waals surface area contributed by atoms with Gasteiger partial charge in [0.15, 0.2) is 0 Å². The molecule has 0 amide bonds. The zero-order valence-corrected chi connectivity index (χ0v) is 14.3. The summed E-state index contributed by atoms with van der Waals surface area (Å²) >= 11 is 0. The van der Waals surface area contributed by atoms with Crippen LogP contribution in [-0.2, 0) is 0 Å². The Bertz CT molecular complexity index is 718. The molecule has 0 aliphatic heterocycles. The van der Waals surface area contributed by atoms with Crippen molar-refractivity contribution < 1.29 is 0 Å². The van der Waals surface area contributed by atoms with Crippen LogP contribution in [0.5, 0.6) is 0 Å². The van der Waals surface area contributed by atoms with E-state index in [0.29, 0.717) is 0 Å². The third kappa shape index (κ3) is 4.46. The van der Waals surface area contributed by atoms with E-state index in [0.717, 1.165) is 23.4 Å². The summed E-state index contributed by atoms with van der Waals surface area (Å²) in [5.41, 5.74) is 7.01. The van der Waals surface area contributed by atoms with E-state index >= 15 is 0 Å². The first-order valence-electron chi connectivity index (χ1n) is 8.21. The molecule has 118 valence electrons. The number of hydrogen-bond donors (Lipinski definition) is 1. The summed E-state index contributed by atoms with van der Waals surface area (Å²) in [7, 11) is 0. The molecule has 0 fully saturated rings. The smallest absolute Gasteiger partial charge is 0.0386 e. The van der Waals surface area contributed by atoms with Gasteiger partial charge in [0.2, 0.25) is 0 Å². The van der Waals surface area contributed by atoms with Gasteiger partial charge < -0.3 is 5.32 Å². The molecule has 0 atom stereocenters. The van der Waals surface area contributed by atoms with Crippen LogP contribution in [0.2, 0.25) is 0 Å². The van der Waals surface area contributed by atoms with E-state index in [1.807, 2.05) is 19.9 Å². The monoisotopic (exact) mass is 303 g/mol. The van der Waals surface area contributed by atoms with Crippen molar-refractivity contribution >= 4 is 17.0 Å². The first-order chi connectivity index (χ1) is 11.2. The summed E-state index contributed by atoms with van der Waals surface area (Å²) in [6.07, 6.45) is 7.50. The molecule has 1 heteroatoms. The number of rotatable bonds is 4. The van der Waals surface area contributed by atoms with Gasteiger partial charge in [0.25, 0.3) is 0 Å². The zero-order chi connectivity index (χ0) is 16.7. The Labute approximate surface area is 140 Å². The molecule has 0 aromatic heterocycles. The molecule has 0 heterocycles. The third-order valence-corrected chi connectivity index (χ3v) is 3.69. The number of aryl methyl sites for hydroxylation is 1. The standard InChI is InChI=1S/C20H19N.C2H6/c1-15-6-5-9-20(14-15)21-16(2)17-10-12-19(13-11-17)18-7-3-4-8-18;1-2/h3-7,9-14,21H,2,8H2,1H3;1-2H3. The molecular formula is C22H25N. The Morgan fingerprint density at radius 1 is 1.04 bits per heavy atom. The second kappa shape index (κ2) is 8.19. The molecule has 23 heavy (non-hydrogen) atoms. The second-order valence-corrected chi connectivity index (χ2v) is 5.37. The first-order valence-corrected chi connectivity index (χ1v) is 8.21. The maximum absolute atomic E-state index is 4.14. The van der Waals surface area contributed by atoms with Crippen molar-refractivity contribution in [3.05, 3.63) is 90.0 Å². The van der Waals surface area contributed by atoms with E-state index in [1.54, 1.807) is 0 Å². The highest BCUT2D eigenvalue weighted by Crippen LogP contribution is 2.25. The fraction of sp³-hybridized carbons (Fsp3) is 0.182. The van der Waals surface area contributed by atoms with E-state index in [4.69, 9.17) is 0 Å². The van der Waals surface area contributed by atoms with Crippen molar-refractivity contribution in [2.45, 2.75) is 27.2 Å². The Balaban J connectivity index is 0.000000924. The fourth-order valence-corrected chi connectivity index (χ4v) is 2.52. The average Bonchev–Trinajstić information content (AvgIpc) is 3.11. The highest BCUT2D eigenvalue weighted by molar-refractivity contribution is 5.77. The van der Waals surface area contributed by atoms with Gasteiger partial charge in [0.1, 0.15) is 0 Å². The summed E-state index contributed by atoms with van der Waals surface area (Å²) in [6, 6.07) is 16.9. The molecule has 0 radical (unpaired) electrons. The van der Waals surface area contributed by atoms with Gasteiger partial charge in [0.05, 0.1) is 0 Å². The van der Waals surface area contributed by atoms with Crippen molar-refractivity contribution in [1.29, 1.82) is 0 Å². The van der Waals surface area contributed by atoms with E-state index in [9.17, 15) is 0 Å². The second-order valence-electron chi connectivity index (χ2n) is 5.37. The topological polar surface area (TPSA) is 12.0 Å². The maximum atomic E-state index is 4.14. The lowest BCUT2D eigenvalue weighted by molar-refractivity contribution is 1.42. The Hall–Kier alpha value is -2.54. The fourth-order valence-electron chi connectivity index (χ4n) is 2.52. The molecule has 0 saturated heterocycles. The Morgan fingerprint density at radius 3 is 2.39 bits per heavy atom. The van der Waals surface area contributed by atoms with Crippen LogP contribution in [0.1, 0.15) is 37.0 Å². The molecule has 1 N–H and O–H groups in total. The number of benzene rings is 2. The molecule has 2 aromatic rings. The molecule has 0 unspecified atom stereocenters. The van der Waals surface area contributed by atoms with Crippen LogP contribution in [0.4, 0.5) is 5.69 Å². The predicted octanol–water partition coefficient (Wildman–Crippen LogP) is 6.45. The minimum Gasteiger partial charge on any atom is -0.356 e. The van der Waals surface area contributed by atoms with E-state index < -0.39 is 0 Å². The van der Waals surface area contributed by atoms with Gasteiger partial charge in [-0.15, -0.1) is 0 Å². The Morgan fingerprint density at radius 2 is 1.78 bits per heavy atom. The maximum Gasteiger partial charge on any atom is 0.0386 e. The molecule has 1 nitrogen and oxygen atoms in total. The number of hydrogen-bond acceptors (Lipinski definition) is 1. The molecule has 0 spiro atoms. The predicted molar refractivity (Wildman–Crippen MR) is 103 cm³/mol. The van der Waals surface area contributed by atoms with Crippen LogP contribution in [0.3, 0.4) is 0 Å².